The SMILES string of the molecule is CCCN(CCC)C(=O)c1csc(CSc2nnc(-c3cccc(OC)c3)n2-c2ccc(C)cc2)n1. The molecule has 2 aromatic heterocycles. The Labute approximate surface area is 220 Å². The maximum absolute atomic E-state index is 12.9. The first kappa shape index (κ1) is 25.9. The monoisotopic (exact) mass is 521 g/mol. The molecule has 0 aliphatic carbocycles. The first-order valence-electron chi connectivity index (χ1n) is 12.1. The van der Waals surface area contributed by atoms with Crippen LogP contribution in [0.15, 0.2) is 59.1 Å². The third-order valence-corrected chi connectivity index (χ3v) is 7.60. The van der Waals surface area contributed by atoms with E-state index in [2.05, 4.69) is 64.8 Å². The van der Waals surface area contributed by atoms with Gasteiger partial charge in [-0.15, -0.1) is 21.5 Å². The van der Waals surface area contributed by atoms with E-state index in [1.165, 1.54) is 16.9 Å². The van der Waals surface area contributed by atoms with E-state index < -0.39 is 0 Å². The number of nitrogens with zero attached hydrogens (tertiary/aromatic N) is 5. The molecule has 9 heteroatoms. The first-order valence-corrected chi connectivity index (χ1v) is 13.9. The molecule has 0 atom stereocenters. The topological polar surface area (TPSA) is 73.1 Å². The molecule has 4 rings (SSSR count). The highest BCUT2D eigenvalue weighted by atomic mass is 32.2. The molecule has 0 spiro atoms. The quantitative estimate of drug-likeness (QED) is 0.217. The first-order chi connectivity index (χ1) is 17.5. The normalized spacial score (nSPS) is 11.0. The van der Waals surface area contributed by atoms with Crippen molar-refractivity contribution in [2.24, 2.45) is 0 Å². The number of thiazole rings is 1. The molecule has 0 saturated heterocycles. The fourth-order valence-electron chi connectivity index (χ4n) is 3.86. The van der Waals surface area contributed by atoms with Crippen molar-refractivity contribution in [2.75, 3.05) is 20.2 Å². The van der Waals surface area contributed by atoms with Crippen LogP contribution in [0.4, 0.5) is 0 Å². The van der Waals surface area contributed by atoms with Crippen molar-refractivity contribution in [2.45, 2.75) is 44.5 Å². The Morgan fingerprint density at radius 2 is 1.83 bits per heavy atom. The van der Waals surface area contributed by atoms with Crippen LogP contribution in [0.1, 0.15) is 47.7 Å². The lowest BCUT2D eigenvalue weighted by Crippen LogP contribution is -2.32. The minimum absolute atomic E-state index is 0.00864. The van der Waals surface area contributed by atoms with Gasteiger partial charge in [0.05, 0.1) is 12.9 Å². The lowest BCUT2D eigenvalue weighted by Gasteiger charge is -2.20. The number of aromatic nitrogens is 4. The Morgan fingerprint density at radius 3 is 2.53 bits per heavy atom. The van der Waals surface area contributed by atoms with Gasteiger partial charge in [0.2, 0.25) is 0 Å². The molecule has 0 aliphatic heterocycles. The van der Waals surface area contributed by atoms with Gasteiger partial charge in [0.15, 0.2) is 11.0 Å². The van der Waals surface area contributed by atoms with Crippen LogP contribution in [-0.4, -0.2) is 50.8 Å². The van der Waals surface area contributed by atoms with Gasteiger partial charge in [0, 0.05) is 29.7 Å². The van der Waals surface area contributed by atoms with Crippen LogP contribution in [0.3, 0.4) is 0 Å². The molecule has 0 fully saturated rings. The van der Waals surface area contributed by atoms with Gasteiger partial charge in [-0.05, 0) is 44.0 Å². The van der Waals surface area contributed by atoms with Gasteiger partial charge in [-0.2, -0.15) is 0 Å². The summed E-state index contributed by atoms with van der Waals surface area (Å²) >= 11 is 3.07. The fourth-order valence-corrected chi connectivity index (χ4v) is 5.60. The predicted octanol–water partition coefficient (Wildman–Crippen LogP) is 6.26. The highest BCUT2D eigenvalue weighted by molar-refractivity contribution is 7.98. The summed E-state index contributed by atoms with van der Waals surface area (Å²) in [5, 5.41) is 12.6. The minimum atomic E-state index is 0.00864. The summed E-state index contributed by atoms with van der Waals surface area (Å²) < 4.78 is 7.48. The third kappa shape index (κ3) is 5.96. The number of aryl methyl sites for hydroxylation is 1. The molecule has 0 saturated carbocycles. The van der Waals surface area contributed by atoms with E-state index >= 15 is 0 Å². The lowest BCUT2D eigenvalue weighted by atomic mass is 10.2. The molecule has 188 valence electrons. The number of carbonyl (C=O) groups excluding carboxylic acids is 1. The number of ether oxygens (including phenoxy) is 1. The van der Waals surface area contributed by atoms with Crippen LogP contribution in [0.25, 0.3) is 17.1 Å². The highest BCUT2D eigenvalue weighted by Gasteiger charge is 2.20. The molecule has 4 aromatic rings. The van der Waals surface area contributed by atoms with Crippen molar-refractivity contribution in [3.05, 3.63) is 70.2 Å². The maximum atomic E-state index is 12.9. The van der Waals surface area contributed by atoms with Gasteiger partial charge in [-0.25, -0.2) is 4.98 Å². The second-order valence-electron chi connectivity index (χ2n) is 8.42. The summed E-state index contributed by atoms with van der Waals surface area (Å²) in [6.45, 7) is 7.74. The molecular formula is C27H31N5O2S2. The van der Waals surface area contributed by atoms with Crippen LogP contribution >= 0.6 is 23.1 Å². The van der Waals surface area contributed by atoms with Crippen molar-refractivity contribution >= 4 is 29.0 Å². The van der Waals surface area contributed by atoms with Gasteiger partial charge in [0.1, 0.15) is 16.5 Å². The molecule has 1 amide bonds. The average molecular weight is 522 g/mol. The van der Waals surface area contributed by atoms with E-state index in [4.69, 9.17) is 4.74 Å². The van der Waals surface area contributed by atoms with Crippen molar-refractivity contribution in [1.82, 2.24) is 24.6 Å². The Hall–Kier alpha value is -3.17. The third-order valence-electron chi connectivity index (χ3n) is 5.62. The Balaban J connectivity index is 1.59. The number of carbonyl (C=O) groups is 1. The number of benzene rings is 2. The lowest BCUT2D eigenvalue weighted by molar-refractivity contribution is 0.0750. The molecule has 2 aromatic carbocycles. The Kier molecular flexibility index (Phi) is 8.77. The van der Waals surface area contributed by atoms with E-state index in [9.17, 15) is 4.79 Å². The van der Waals surface area contributed by atoms with Gasteiger partial charge in [-0.1, -0.05) is 55.4 Å². The molecule has 0 N–H and O–H groups in total. The van der Waals surface area contributed by atoms with E-state index in [1.807, 2.05) is 34.5 Å². The van der Waals surface area contributed by atoms with Gasteiger partial charge in [-0.3, -0.25) is 9.36 Å². The van der Waals surface area contributed by atoms with Crippen molar-refractivity contribution < 1.29 is 9.53 Å². The summed E-state index contributed by atoms with van der Waals surface area (Å²) in [6, 6.07) is 16.1. The molecule has 7 nitrogen and oxygen atoms in total. The second kappa shape index (κ2) is 12.2. The van der Waals surface area contributed by atoms with Crippen LogP contribution < -0.4 is 4.74 Å². The van der Waals surface area contributed by atoms with E-state index in [1.54, 1.807) is 18.9 Å². The molecule has 0 bridgehead atoms. The smallest absolute Gasteiger partial charge is 0.273 e. The number of amides is 1. The average Bonchev–Trinajstić information content (AvgIpc) is 3.55. The van der Waals surface area contributed by atoms with Crippen LogP contribution in [0.5, 0.6) is 5.75 Å². The van der Waals surface area contributed by atoms with Gasteiger partial charge in [0.25, 0.3) is 5.91 Å². The zero-order chi connectivity index (χ0) is 25.5. The van der Waals surface area contributed by atoms with Crippen molar-refractivity contribution in [1.29, 1.82) is 0 Å². The standard InChI is InChI=1S/C27H31N5O2S2/c1-5-14-31(15-6-2)26(33)23-17-35-24(28-23)18-36-27-30-29-25(20-8-7-9-22(16-20)34-4)32(27)21-12-10-19(3)11-13-21/h7-13,16-17H,5-6,14-15,18H2,1-4H3. The number of hydrogen-bond donors (Lipinski definition) is 0. The van der Waals surface area contributed by atoms with Crippen LogP contribution in [-0.2, 0) is 5.75 Å². The zero-order valence-corrected chi connectivity index (χ0v) is 22.7. The van der Waals surface area contributed by atoms with Crippen LogP contribution in [0, 0.1) is 6.92 Å². The summed E-state index contributed by atoms with van der Waals surface area (Å²) in [6.07, 6.45) is 1.87. The largest absolute Gasteiger partial charge is 0.497 e. The van der Waals surface area contributed by atoms with Crippen LogP contribution in [0.2, 0.25) is 0 Å². The highest BCUT2D eigenvalue weighted by Crippen LogP contribution is 2.32. The molecule has 2 heterocycles. The number of rotatable bonds is 11. The fraction of sp³-hybridized carbons (Fsp3) is 0.333. The summed E-state index contributed by atoms with van der Waals surface area (Å²) in [4.78, 5) is 19.5. The minimum Gasteiger partial charge on any atom is -0.497 e. The number of hydrogen-bond acceptors (Lipinski definition) is 7. The summed E-state index contributed by atoms with van der Waals surface area (Å²) in [5.41, 5.74) is 3.61. The Bertz CT molecular complexity index is 1290. The van der Waals surface area contributed by atoms with Crippen molar-refractivity contribution in [3.8, 4) is 22.8 Å². The van der Waals surface area contributed by atoms with Crippen molar-refractivity contribution in [3.63, 3.8) is 0 Å². The molecule has 0 radical (unpaired) electrons. The number of methoxy groups -OCH3 is 1. The predicted molar refractivity (Wildman–Crippen MR) is 146 cm³/mol. The second-order valence-corrected chi connectivity index (χ2v) is 10.3. The van der Waals surface area contributed by atoms with E-state index in [-0.39, 0.29) is 5.91 Å². The summed E-state index contributed by atoms with van der Waals surface area (Å²) in [7, 11) is 1.65. The van der Waals surface area contributed by atoms with Gasteiger partial charge >= 0.3 is 0 Å². The summed E-state index contributed by atoms with van der Waals surface area (Å²) in [5.74, 6) is 2.11. The number of thioether (sulfide) groups is 1. The maximum Gasteiger partial charge on any atom is 0.273 e. The zero-order valence-electron chi connectivity index (χ0n) is 21.1. The molecule has 36 heavy (non-hydrogen) atoms. The molecular weight excluding hydrogens is 490 g/mol. The molecule has 0 unspecified atom stereocenters. The Morgan fingerprint density at radius 1 is 1.08 bits per heavy atom. The van der Waals surface area contributed by atoms with E-state index in [0.29, 0.717) is 11.4 Å². The van der Waals surface area contributed by atoms with Gasteiger partial charge < -0.3 is 9.64 Å². The molecule has 0 aliphatic rings. The van der Waals surface area contributed by atoms with E-state index in [0.717, 1.165) is 58.9 Å².